The zero-order valence-electron chi connectivity index (χ0n) is 9.97. The van der Waals surface area contributed by atoms with Crippen molar-refractivity contribution >= 4 is 0 Å². The largest absolute Gasteiger partial charge is 0.465 e. The molecule has 0 atom stereocenters. The Morgan fingerprint density at radius 2 is 1.65 bits per heavy atom. The van der Waals surface area contributed by atoms with Crippen LogP contribution < -0.4 is 4.74 Å². The van der Waals surface area contributed by atoms with E-state index in [0.717, 1.165) is 17.7 Å². The second kappa shape index (κ2) is 5.90. The number of hydrogen-bond donors (Lipinski definition) is 0. The van der Waals surface area contributed by atoms with Crippen LogP contribution in [0.4, 0.5) is 0 Å². The van der Waals surface area contributed by atoms with Gasteiger partial charge in [0.15, 0.2) is 0 Å². The first-order valence-electron chi connectivity index (χ1n) is 5.77. The molecule has 17 heavy (non-hydrogen) atoms. The quantitative estimate of drug-likeness (QED) is 0.709. The first-order chi connectivity index (χ1) is 8.36. The van der Waals surface area contributed by atoms with Crippen LogP contribution in [0, 0.1) is 6.92 Å². The van der Waals surface area contributed by atoms with Gasteiger partial charge in [0.05, 0.1) is 6.26 Å². The number of ether oxygens (including phenoxy) is 1. The number of aryl methyl sites for hydroxylation is 1. The zero-order valence-corrected chi connectivity index (χ0v) is 9.97. The summed E-state index contributed by atoms with van der Waals surface area (Å²) in [7, 11) is 0. The predicted molar refractivity (Wildman–Crippen MR) is 71.1 cm³/mol. The van der Waals surface area contributed by atoms with Crippen LogP contribution >= 0.6 is 0 Å². The van der Waals surface area contributed by atoms with Crippen LogP contribution in [-0.4, -0.2) is 0 Å². The molecule has 0 fully saturated rings. The van der Waals surface area contributed by atoms with E-state index in [-0.39, 0.29) is 0 Å². The zero-order chi connectivity index (χ0) is 11.9. The lowest BCUT2D eigenvalue weighted by atomic mass is 10.1. The van der Waals surface area contributed by atoms with E-state index in [1.165, 1.54) is 5.56 Å². The predicted octanol–water partition coefficient (Wildman–Crippen LogP) is 4.13. The minimum Gasteiger partial charge on any atom is -0.465 e. The molecule has 0 aliphatic heterocycles. The van der Waals surface area contributed by atoms with Crippen molar-refractivity contribution < 1.29 is 4.74 Å². The van der Waals surface area contributed by atoms with Gasteiger partial charge in [-0.15, -0.1) is 0 Å². The fourth-order valence-electron chi connectivity index (χ4n) is 1.61. The summed E-state index contributed by atoms with van der Waals surface area (Å²) in [5.41, 5.74) is 2.44. The molecular weight excluding hydrogens is 208 g/mol. The summed E-state index contributed by atoms with van der Waals surface area (Å²) in [4.78, 5) is 0. The molecule has 0 heterocycles. The average Bonchev–Trinajstić information content (AvgIpc) is 2.38. The summed E-state index contributed by atoms with van der Waals surface area (Å²) in [6.07, 6.45) is 4.68. The Morgan fingerprint density at radius 3 is 2.41 bits per heavy atom. The molecular formula is C16H16O. The summed E-state index contributed by atoms with van der Waals surface area (Å²) < 4.78 is 5.58. The molecule has 2 aromatic carbocycles. The lowest BCUT2D eigenvalue weighted by Crippen LogP contribution is -1.86. The van der Waals surface area contributed by atoms with Crippen molar-refractivity contribution in [1.29, 1.82) is 0 Å². The number of hydrogen-bond acceptors (Lipinski definition) is 1. The third kappa shape index (κ3) is 3.49. The molecule has 0 N–H and O–H groups in total. The highest BCUT2D eigenvalue weighted by atomic mass is 16.5. The molecule has 0 unspecified atom stereocenters. The molecule has 0 bridgehead atoms. The Bertz CT molecular complexity index is 486. The molecule has 0 spiro atoms. The highest BCUT2D eigenvalue weighted by molar-refractivity contribution is 5.32. The molecule has 86 valence electrons. The maximum atomic E-state index is 5.58. The number of benzene rings is 2. The second-order valence-corrected chi connectivity index (χ2v) is 3.94. The Hall–Kier alpha value is -2.02. The molecule has 2 rings (SSSR count). The minimum absolute atomic E-state index is 0.896. The fraction of sp³-hybridized carbons (Fsp3) is 0.125. The van der Waals surface area contributed by atoms with Gasteiger partial charge in [-0.25, -0.2) is 0 Å². The van der Waals surface area contributed by atoms with Crippen LogP contribution in [0.2, 0.25) is 0 Å². The molecule has 0 aromatic heterocycles. The maximum absolute atomic E-state index is 5.58. The van der Waals surface area contributed by atoms with Crippen molar-refractivity contribution in [2.24, 2.45) is 0 Å². The molecule has 0 radical (unpaired) electrons. The summed E-state index contributed by atoms with van der Waals surface area (Å²) in [5, 5.41) is 0. The van der Waals surface area contributed by atoms with Gasteiger partial charge in [0.2, 0.25) is 0 Å². The van der Waals surface area contributed by atoms with Gasteiger partial charge in [-0.3, -0.25) is 0 Å². The normalized spacial score (nSPS) is 10.6. The van der Waals surface area contributed by atoms with Gasteiger partial charge < -0.3 is 4.74 Å². The van der Waals surface area contributed by atoms with Crippen molar-refractivity contribution in [2.45, 2.75) is 13.3 Å². The van der Waals surface area contributed by atoms with E-state index in [1.54, 1.807) is 6.26 Å². The van der Waals surface area contributed by atoms with Crippen molar-refractivity contribution in [3.8, 4) is 5.75 Å². The van der Waals surface area contributed by atoms with Gasteiger partial charge in [0.1, 0.15) is 5.75 Å². The molecule has 1 heteroatoms. The van der Waals surface area contributed by atoms with E-state index in [1.807, 2.05) is 55.5 Å². The van der Waals surface area contributed by atoms with Gasteiger partial charge >= 0.3 is 0 Å². The Labute approximate surface area is 102 Å². The third-order valence-electron chi connectivity index (χ3n) is 2.58. The standard InChI is InChI=1S/C16H16O/c1-14-8-5-6-12-16(14)17-13-7-11-15-9-3-2-4-10-15/h2-10,12-13H,11H2,1H3. The van der Waals surface area contributed by atoms with E-state index in [4.69, 9.17) is 4.74 Å². The molecule has 2 aromatic rings. The Morgan fingerprint density at radius 1 is 0.941 bits per heavy atom. The molecule has 0 aliphatic rings. The monoisotopic (exact) mass is 224 g/mol. The number of rotatable bonds is 4. The van der Waals surface area contributed by atoms with Crippen molar-refractivity contribution in [2.75, 3.05) is 0 Å². The van der Waals surface area contributed by atoms with Crippen molar-refractivity contribution in [1.82, 2.24) is 0 Å². The van der Waals surface area contributed by atoms with E-state index < -0.39 is 0 Å². The highest BCUT2D eigenvalue weighted by Crippen LogP contribution is 2.16. The minimum atomic E-state index is 0.896. The van der Waals surface area contributed by atoms with Crippen LogP contribution in [0.15, 0.2) is 66.9 Å². The van der Waals surface area contributed by atoms with Crippen molar-refractivity contribution in [3.63, 3.8) is 0 Å². The van der Waals surface area contributed by atoms with Crippen molar-refractivity contribution in [3.05, 3.63) is 78.1 Å². The second-order valence-electron chi connectivity index (χ2n) is 3.94. The smallest absolute Gasteiger partial charge is 0.129 e. The number of allylic oxidation sites excluding steroid dienone is 1. The first-order valence-corrected chi connectivity index (χ1v) is 5.77. The van der Waals surface area contributed by atoms with E-state index >= 15 is 0 Å². The molecule has 0 amide bonds. The third-order valence-corrected chi connectivity index (χ3v) is 2.58. The molecule has 0 saturated heterocycles. The van der Waals surface area contributed by atoms with E-state index in [2.05, 4.69) is 12.1 Å². The van der Waals surface area contributed by atoms with Crippen LogP contribution in [-0.2, 0) is 6.42 Å². The van der Waals surface area contributed by atoms with Gasteiger partial charge in [-0.1, -0.05) is 48.5 Å². The first kappa shape index (κ1) is 11.5. The fourth-order valence-corrected chi connectivity index (χ4v) is 1.61. The maximum Gasteiger partial charge on any atom is 0.129 e. The average molecular weight is 224 g/mol. The van der Waals surface area contributed by atoms with Gasteiger partial charge in [0, 0.05) is 0 Å². The summed E-state index contributed by atoms with van der Waals surface area (Å²) >= 11 is 0. The molecule has 0 aliphatic carbocycles. The number of para-hydroxylation sites is 1. The lowest BCUT2D eigenvalue weighted by molar-refractivity contribution is 0.475. The molecule has 0 saturated carbocycles. The van der Waals surface area contributed by atoms with Crippen LogP contribution in [0.5, 0.6) is 5.75 Å². The highest BCUT2D eigenvalue weighted by Gasteiger charge is 1.93. The molecule has 1 nitrogen and oxygen atoms in total. The van der Waals surface area contributed by atoms with Gasteiger partial charge in [0.25, 0.3) is 0 Å². The summed E-state index contributed by atoms with van der Waals surface area (Å²) in [6.45, 7) is 2.04. The summed E-state index contributed by atoms with van der Waals surface area (Å²) in [5.74, 6) is 0.914. The Kier molecular flexibility index (Phi) is 3.98. The van der Waals surface area contributed by atoms with Crippen LogP contribution in [0.1, 0.15) is 11.1 Å². The van der Waals surface area contributed by atoms with Gasteiger partial charge in [-0.2, -0.15) is 0 Å². The summed E-state index contributed by atoms with van der Waals surface area (Å²) in [6, 6.07) is 18.3. The van der Waals surface area contributed by atoms with Crippen LogP contribution in [0.3, 0.4) is 0 Å². The topological polar surface area (TPSA) is 9.23 Å². The van der Waals surface area contributed by atoms with E-state index in [9.17, 15) is 0 Å². The van der Waals surface area contributed by atoms with Gasteiger partial charge in [-0.05, 0) is 36.6 Å². The SMILES string of the molecule is Cc1ccccc1OC=CCc1ccccc1. The van der Waals surface area contributed by atoms with Crippen LogP contribution in [0.25, 0.3) is 0 Å². The Balaban J connectivity index is 1.89. The van der Waals surface area contributed by atoms with E-state index in [0.29, 0.717) is 0 Å². The lowest BCUT2D eigenvalue weighted by Gasteiger charge is -2.03.